The van der Waals surface area contributed by atoms with Crippen molar-refractivity contribution in [3.05, 3.63) is 101 Å². The maximum absolute atomic E-state index is 6.08. The summed E-state index contributed by atoms with van der Waals surface area (Å²) in [5, 5.41) is 4.00. The second-order valence-corrected chi connectivity index (χ2v) is 7.33. The Balaban J connectivity index is 1.50. The molecule has 5 heteroatoms. The van der Waals surface area contributed by atoms with E-state index in [4.69, 9.17) is 21.0 Å². The van der Waals surface area contributed by atoms with Gasteiger partial charge in [-0.05, 0) is 47.4 Å². The first kappa shape index (κ1) is 17.0. The molecule has 0 bridgehead atoms. The monoisotopic (exact) mass is 387 g/mol. The van der Waals surface area contributed by atoms with Crippen molar-refractivity contribution in [3.8, 4) is 11.3 Å². The first-order valence-corrected chi connectivity index (χ1v) is 9.62. The highest BCUT2D eigenvalue weighted by Crippen LogP contribution is 2.41. The Morgan fingerprint density at radius 1 is 1.04 bits per heavy atom. The standard InChI is InChI=1S/C23H18ClN3O/c24-17-9-7-15(8-10-17)21-12-16-13-25-23(26-14-18-4-3-11-28-18)27-22(16)20-6-2-1-5-19(20)21/h1-11,13,21H,12,14H2,(H,25,26,27). The second-order valence-electron chi connectivity index (χ2n) is 6.90. The van der Waals surface area contributed by atoms with E-state index >= 15 is 0 Å². The third kappa shape index (κ3) is 3.16. The molecule has 1 N–H and O–H groups in total. The number of nitrogens with one attached hydrogen (secondary N) is 1. The molecule has 1 unspecified atom stereocenters. The summed E-state index contributed by atoms with van der Waals surface area (Å²) >= 11 is 6.08. The lowest BCUT2D eigenvalue weighted by molar-refractivity contribution is 0.517. The van der Waals surface area contributed by atoms with Gasteiger partial charge in [-0.25, -0.2) is 9.97 Å². The maximum atomic E-state index is 6.08. The van der Waals surface area contributed by atoms with Crippen molar-refractivity contribution in [1.29, 1.82) is 0 Å². The van der Waals surface area contributed by atoms with Gasteiger partial charge in [0.1, 0.15) is 5.76 Å². The van der Waals surface area contributed by atoms with Gasteiger partial charge in [-0.1, -0.05) is 48.0 Å². The molecule has 5 rings (SSSR count). The van der Waals surface area contributed by atoms with E-state index in [9.17, 15) is 0 Å². The van der Waals surface area contributed by atoms with Crippen LogP contribution in [0.4, 0.5) is 5.95 Å². The molecule has 0 radical (unpaired) electrons. The Kier molecular flexibility index (Phi) is 4.34. The zero-order valence-corrected chi connectivity index (χ0v) is 15.9. The first-order valence-electron chi connectivity index (χ1n) is 9.25. The van der Waals surface area contributed by atoms with Gasteiger partial charge in [0.05, 0.1) is 18.5 Å². The number of furan rings is 1. The predicted molar refractivity (Wildman–Crippen MR) is 111 cm³/mol. The molecule has 1 atom stereocenters. The van der Waals surface area contributed by atoms with Crippen LogP contribution < -0.4 is 5.32 Å². The molecule has 28 heavy (non-hydrogen) atoms. The fraction of sp³-hybridized carbons (Fsp3) is 0.130. The Morgan fingerprint density at radius 2 is 1.89 bits per heavy atom. The average Bonchev–Trinajstić information content (AvgIpc) is 3.26. The lowest BCUT2D eigenvalue weighted by atomic mass is 9.78. The van der Waals surface area contributed by atoms with Gasteiger partial charge in [0.25, 0.3) is 0 Å². The number of hydrogen-bond acceptors (Lipinski definition) is 4. The van der Waals surface area contributed by atoms with Gasteiger partial charge >= 0.3 is 0 Å². The van der Waals surface area contributed by atoms with Crippen molar-refractivity contribution in [1.82, 2.24) is 9.97 Å². The molecular formula is C23H18ClN3O. The van der Waals surface area contributed by atoms with E-state index in [0.717, 1.165) is 34.0 Å². The topological polar surface area (TPSA) is 51.0 Å². The van der Waals surface area contributed by atoms with Gasteiger partial charge in [-0.2, -0.15) is 0 Å². The number of halogens is 1. The summed E-state index contributed by atoms with van der Waals surface area (Å²) in [4.78, 5) is 9.33. The SMILES string of the molecule is Clc1ccc(C2Cc3cnc(NCc4ccco4)nc3-c3ccccc32)cc1. The highest BCUT2D eigenvalue weighted by Gasteiger charge is 2.27. The molecule has 2 aromatic heterocycles. The van der Waals surface area contributed by atoms with Gasteiger partial charge in [-0.3, -0.25) is 0 Å². The number of nitrogens with zero attached hydrogens (tertiary/aromatic N) is 2. The quantitative estimate of drug-likeness (QED) is 0.488. The second kappa shape index (κ2) is 7.13. The van der Waals surface area contributed by atoms with Gasteiger partial charge in [0, 0.05) is 22.7 Å². The van der Waals surface area contributed by atoms with E-state index in [1.807, 2.05) is 30.5 Å². The third-order valence-electron chi connectivity index (χ3n) is 5.15. The summed E-state index contributed by atoms with van der Waals surface area (Å²) in [5.74, 6) is 1.73. The van der Waals surface area contributed by atoms with Crippen molar-refractivity contribution in [2.45, 2.75) is 18.9 Å². The van der Waals surface area contributed by atoms with Crippen molar-refractivity contribution in [3.63, 3.8) is 0 Å². The fourth-order valence-electron chi connectivity index (χ4n) is 3.79. The zero-order valence-electron chi connectivity index (χ0n) is 15.1. The Labute approximate surface area is 168 Å². The van der Waals surface area contributed by atoms with E-state index in [1.165, 1.54) is 11.1 Å². The lowest BCUT2D eigenvalue weighted by Crippen LogP contribution is -2.15. The van der Waals surface area contributed by atoms with E-state index in [1.54, 1.807) is 6.26 Å². The Morgan fingerprint density at radius 3 is 2.71 bits per heavy atom. The van der Waals surface area contributed by atoms with Crippen LogP contribution in [0.15, 0.2) is 77.5 Å². The Bertz CT molecular complexity index is 1110. The molecule has 0 fully saturated rings. The minimum atomic E-state index is 0.270. The predicted octanol–water partition coefficient (Wildman–Crippen LogP) is 5.69. The van der Waals surface area contributed by atoms with E-state index < -0.39 is 0 Å². The van der Waals surface area contributed by atoms with Gasteiger partial charge in [-0.15, -0.1) is 0 Å². The maximum Gasteiger partial charge on any atom is 0.223 e. The van der Waals surface area contributed by atoms with Gasteiger partial charge < -0.3 is 9.73 Å². The summed E-state index contributed by atoms with van der Waals surface area (Å²) < 4.78 is 5.37. The average molecular weight is 388 g/mol. The van der Waals surface area contributed by atoms with Crippen LogP contribution in [0.25, 0.3) is 11.3 Å². The number of fused-ring (bicyclic) bond motifs is 3. The molecule has 4 nitrogen and oxygen atoms in total. The molecule has 0 saturated carbocycles. The summed E-state index contributed by atoms with van der Waals surface area (Å²) in [5.41, 5.74) is 5.85. The van der Waals surface area contributed by atoms with Crippen LogP contribution in [0.5, 0.6) is 0 Å². The minimum absolute atomic E-state index is 0.270. The number of rotatable bonds is 4. The van der Waals surface area contributed by atoms with Gasteiger partial charge in [0.15, 0.2) is 0 Å². The number of hydrogen-bond donors (Lipinski definition) is 1. The molecule has 0 amide bonds. The number of benzene rings is 2. The highest BCUT2D eigenvalue weighted by molar-refractivity contribution is 6.30. The van der Waals surface area contributed by atoms with Crippen LogP contribution in [-0.2, 0) is 13.0 Å². The normalized spacial score (nSPS) is 15.0. The zero-order chi connectivity index (χ0) is 18.9. The number of anilines is 1. The lowest BCUT2D eigenvalue weighted by Gasteiger charge is -2.27. The van der Waals surface area contributed by atoms with E-state index in [0.29, 0.717) is 12.5 Å². The van der Waals surface area contributed by atoms with Crippen LogP contribution in [0.3, 0.4) is 0 Å². The Hall–Kier alpha value is -3.11. The van der Waals surface area contributed by atoms with Crippen LogP contribution in [0, 0.1) is 0 Å². The van der Waals surface area contributed by atoms with E-state index in [-0.39, 0.29) is 5.92 Å². The van der Waals surface area contributed by atoms with Crippen LogP contribution in [0.1, 0.15) is 28.4 Å². The van der Waals surface area contributed by atoms with Crippen LogP contribution >= 0.6 is 11.6 Å². The summed E-state index contributed by atoms with van der Waals surface area (Å²) in [6.07, 6.45) is 4.47. The van der Waals surface area contributed by atoms with Gasteiger partial charge in [0.2, 0.25) is 5.95 Å². The molecule has 1 aliphatic rings. The summed E-state index contributed by atoms with van der Waals surface area (Å²) in [6, 6.07) is 20.4. The molecule has 1 aliphatic carbocycles. The fourth-order valence-corrected chi connectivity index (χ4v) is 3.92. The van der Waals surface area contributed by atoms with E-state index in [2.05, 4.69) is 46.7 Å². The highest BCUT2D eigenvalue weighted by atomic mass is 35.5. The molecule has 2 heterocycles. The molecule has 138 valence electrons. The summed E-state index contributed by atoms with van der Waals surface area (Å²) in [6.45, 7) is 0.556. The molecule has 0 saturated heterocycles. The smallest absolute Gasteiger partial charge is 0.223 e. The van der Waals surface area contributed by atoms with Crippen molar-refractivity contribution >= 4 is 17.5 Å². The minimum Gasteiger partial charge on any atom is -0.467 e. The van der Waals surface area contributed by atoms with Crippen molar-refractivity contribution < 1.29 is 4.42 Å². The van der Waals surface area contributed by atoms with Crippen molar-refractivity contribution in [2.24, 2.45) is 0 Å². The number of aromatic nitrogens is 2. The third-order valence-corrected chi connectivity index (χ3v) is 5.41. The first-order chi connectivity index (χ1) is 13.8. The molecule has 0 aliphatic heterocycles. The largest absolute Gasteiger partial charge is 0.467 e. The van der Waals surface area contributed by atoms with Crippen LogP contribution in [-0.4, -0.2) is 9.97 Å². The molecule has 4 aromatic rings. The molecule has 0 spiro atoms. The van der Waals surface area contributed by atoms with Crippen LogP contribution in [0.2, 0.25) is 5.02 Å². The molecular weight excluding hydrogens is 370 g/mol. The molecule has 2 aromatic carbocycles. The summed E-state index contributed by atoms with van der Waals surface area (Å²) in [7, 11) is 0. The van der Waals surface area contributed by atoms with Crippen molar-refractivity contribution in [2.75, 3.05) is 5.32 Å².